The highest BCUT2D eigenvalue weighted by Gasteiger charge is 2.20. The lowest BCUT2D eigenvalue weighted by molar-refractivity contribution is 0.0712. The third-order valence-corrected chi connectivity index (χ3v) is 4.57. The van der Waals surface area contributed by atoms with E-state index in [1.807, 2.05) is 53.2 Å². The molecule has 0 aliphatic carbocycles. The molecule has 4 rings (SSSR count). The molecular weight excluding hydrogens is 334 g/mol. The standard InChI is InChI=1S/C19H15N3O2S/c23-19(18-10-20-16-5-1-2-6-17(16)21-18)22(11-14-7-9-25-13-14)12-15-4-3-8-24-15/h1-10,13H,11-12H2. The minimum atomic E-state index is -0.166. The molecule has 3 aromatic heterocycles. The number of hydrogen-bond acceptors (Lipinski definition) is 5. The highest BCUT2D eigenvalue weighted by atomic mass is 32.1. The van der Waals surface area contributed by atoms with Gasteiger partial charge in [-0.2, -0.15) is 11.3 Å². The molecule has 5 nitrogen and oxygen atoms in total. The number of amides is 1. The second-order valence-corrected chi connectivity index (χ2v) is 6.40. The number of carbonyl (C=O) groups excluding carboxylic acids is 1. The van der Waals surface area contributed by atoms with Crippen LogP contribution in [0.5, 0.6) is 0 Å². The van der Waals surface area contributed by atoms with Crippen molar-refractivity contribution in [2.75, 3.05) is 0 Å². The Labute approximate surface area is 148 Å². The molecule has 0 atom stereocenters. The molecule has 0 radical (unpaired) electrons. The van der Waals surface area contributed by atoms with Crippen LogP contribution in [0.4, 0.5) is 0 Å². The molecule has 4 aromatic rings. The zero-order valence-corrected chi connectivity index (χ0v) is 14.1. The number of para-hydroxylation sites is 2. The van der Waals surface area contributed by atoms with Crippen molar-refractivity contribution in [3.8, 4) is 0 Å². The smallest absolute Gasteiger partial charge is 0.274 e. The molecule has 1 aromatic carbocycles. The van der Waals surface area contributed by atoms with E-state index in [0.29, 0.717) is 24.3 Å². The fraction of sp³-hybridized carbons (Fsp3) is 0.105. The van der Waals surface area contributed by atoms with Crippen molar-refractivity contribution in [1.82, 2.24) is 14.9 Å². The van der Waals surface area contributed by atoms with Crippen LogP contribution in [0.25, 0.3) is 11.0 Å². The van der Waals surface area contributed by atoms with Crippen LogP contribution in [0.1, 0.15) is 21.8 Å². The van der Waals surface area contributed by atoms with E-state index in [2.05, 4.69) is 9.97 Å². The molecule has 0 aliphatic rings. The zero-order valence-electron chi connectivity index (χ0n) is 13.3. The van der Waals surface area contributed by atoms with Crippen LogP contribution < -0.4 is 0 Å². The zero-order chi connectivity index (χ0) is 17.1. The van der Waals surface area contributed by atoms with Crippen molar-refractivity contribution in [1.29, 1.82) is 0 Å². The van der Waals surface area contributed by atoms with Crippen molar-refractivity contribution < 1.29 is 9.21 Å². The van der Waals surface area contributed by atoms with Crippen LogP contribution in [0.3, 0.4) is 0 Å². The Morgan fingerprint density at radius 3 is 2.72 bits per heavy atom. The summed E-state index contributed by atoms with van der Waals surface area (Å²) >= 11 is 1.61. The van der Waals surface area contributed by atoms with Crippen molar-refractivity contribution >= 4 is 28.3 Å². The monoisotopic (exact) mass is 349 g/mol. The summed E-state index contributed by atoms with van der Waals surface area (Å²) in [5.74, 6) is 0.568. The Morgan fingerprint density at radius 1 is 1.08 bits per heavy atom. The molecule has 0 aliphatic heterocycles. The average Bonchev–Trinajstić information content (AvgIpc) is 3.34. The van der Waals surface area contributed by atoms with Gasteiger partial charge in [-0.05, 0) is 46.7 Å². The highest BCUT2D eigenvalue weighted by Crippen LogP contribution is 2.17. The van der Waals surface area contributed by atoms with E-state index in [-0.39, 0.29) is 5.91 Å². The fourth-order valence-corrected chi connectivity index (χ4v) is 3.28. The van der Waals surface area contributed by atoms with Crippen LogP contribution in [0.2, 0.25) is 0 Å². The molecule has 0 N–H and O–H groups in total. The van der Waals surface area contributed by atoms with Gasteiger partial charge in [-0.3, -0.25) is 9.78 Å². The Bertz CT molecular complexity index is 945. The van der Waals surface area contributed by atoms with Gasteiger partial charge in [0.1, 0.15) is 11.5 Å². The van der Waals surface area contributed by atoms with Crippen molar-refractivity contribution in [3.63, 3.8) is 0 Å². The molecule has 6 heteroatoms. The van der Waals surface area contributed by atoms with Crippen LogP contribution >= 0.6 is 11.3 Å². The minimum absolute atomic E-state index is 0.166. The van der Waals surface area contributed by atoms with E-state index >= 15 is 0 Å². The van der Waals surface area contributed by atoms with E-state index in [1.54, 1.807) is 22.5 Å². The number of benzene rings is 1. The Balaban J connectivity index is 1.65. The summed E-state index contributed by atoms with van der Waals surface area (Å²) in [6.45, 7) is 0.883. The van der Waals surface area contributed by atoms with Gasteiger partial charge in [-0.1, -0.05) is 12.1 Å². The van der Waals surface area contributed by atoms with Gasteiger partial charge in [0.15, 0.2) is 0 Å². The van der Waals surface area contributed by atoms with E-state index < -0.39 is 0 Å². The highest BCUT2D eigenvalue weighted by molar-refractivity contribution is 7.07. The molecule has 0 spiro atoms. The van der Waals surface area contributed by atoms with Crippen molar-refractivity contribution in [3.05, 3.63) is 82.7 Å². The van der Waals surface area contributed by atoms with Crippen LogP contribution in [0.15, 0.2) is 70.1 Å². The van der Waals surface area contributed by atoms with Gasteiger partial charge in [0, 0.05) is 6.54 Å². The van der Waals surface area contributed by atoms with Gasteiger partial charge in [-0.25, -0.2) is 4.98 Å². The third-order valence-electron chi connectivity index (χ3n) is 3.84. The second-order valence-electron chi connectivity index (χ2n) is 5.62. The third kappa shape index (κ3) is 3.44. The average molecular weight is 349 g/mol. The molecule has 3 heterocycles. The number of nitrogens with zero attached hydrogens (tertiary/aromatic N) is 3. The molecule has 1 amide bonds. The fourth-order valence-electron chi connectivity index (χ4n) is 2.62. The summed E-state index contributed by atoms with van der Waals surface area (Å²) in [6.07, 6.45) is 3.14. The van der Waals surface area contributed by atoms with Gasteiger partial charge in [0.2, 0.25) is 0 Å². The number of carbonyl (C=O) groups is 1. The molecule has 0 unspecified atom stereocenters. The molecule has 0 bridgehead atoms. The number of fused-ring (bicyclic) bond motifs is 1. The lowest BCUT2D eigenvalue weighted by Crippen LogP contribution is -2.30. The maximum absolute atomic E-state index is 13.0. The first kappa shape index (κ1) is 15.5. The molecular formula is C19H15N3O2S. The van der Waals surface area contributed by atoms with E-state index in [4.69, 9.17) is 4.42 Å². The maximum atomic E-state index is 13.0. The molecule has 124 valence electrons. The first-order valence-electron chi connectivity index (χ1n) is 7.84. The van der Waals surface area contributed by atoms with Gasteiger partial charge in [0.05, 0.1) is 30.0 Å². The summed E-state index contributed by atoms with van der Waals surface area (Å²) in [7, 11) is 0. The summed E-state index contributed by atoms with van der Waals surface area (Å²) in [5.41, 5.74) is 2.90. The summed E-state index contributed by atoms with van der Waals surface area (Å²) < 4.78 is 5.41. The lowest BCUT2D eigenvalue weighted by Gasteiger charge is -2.21. The Morgan fingerprint density at radius 2 is 1.96 bits per heavy atom. The predicted octanol–water partition coefficient (Wildman–Crippen LogP) is 4.13. The molecule has 0 saturated carbocycles. The Hall–Kier alpha value is -2.99. The van der Waals surface area contributed by atoms with Crippen LogP contribution in [-0.4, -0.2) is 20.8 Å². The Kier molecular flexibility index (Phi) is 4.26. The van der Waals surface area contributed by atoms with Gasteiger partial charge in [-0.15, -0.1) is 0 Å². The number of thiophene rings is 1. The van der Waals surface area contributed by atoms with Crippen LogP contribution in [0, 0.1) is 0 Å². The van der Waals surface area contributed by atoms with Gasteiger partial charge >= 0.3 is 0 Å². The predicted molar refractivity (Wildman–Crippen MR) is 96.1 cm³/mol. The number of furan rings is 1. The van der Waals surface area contributed by atoms with E-state index in [0.717, 1.165) is 16.8 Å². The van der Waals surface area contributed by atoms with Gasteiger partial charge in [0.25, 0.3) is 5.91 Å². The second kappa shape index (κ2) is 6.86. The van der Waals surface area contributed by atoms with Gasteiger partial charge < -0.3 is 9.32 Å². The quantitative estimate of drug-likeness (QED) is 0.544. The number of aromatic nitrogens is 2. The normalized spacial score (nSPS) is 10.9. The van der Waals surface area contributed by atoms with Crippen molar-refractivity contribution in [2.45, 2.75) is 13.1 Å². The SMILES string of the molecule is O=C(c1cnc2ccccc2n1)N(Cc1ccsc1)Cc1ccco1. The lowest BCUT2D eigenvalue weighted by atomic mass is 10.2. The molecule has 0 fully saturated rings. The molecule has 0 saturated heterocycles. The van der Waals surface area contributed by atoms with E-state index in [1.165, 1.54) is 6.20 Å². The summed E-state index contributed by atoms with van der Waals surface area (Å²) in [5, 5.41) is 4.04. The topological polar surface area (TPSA) is 59.2 Å². The first-order chi connectivity index (χ1) is 12.3. The van der Waals surface area contributed by atoms with Crippen LogP contribution in [-0.2, 0) is 13.1 Å². The largest absolute Gasteiger partial charge is 0.467 e. The summed E-state index contributed by atoms with van der Waals surface area (Å²) in [6, 6.07) is 13.2. The summed E-state index contributed by atoms with van der Waals surface area (Å²) in [4.78, 5) is 23.6. The molecule has 25 heavy (non-hydrogen) atoms. The first-order valence-corrected chi connectivity index (χ1v) is 8.78. The number of hydrogen-bond donors (Lipinski definition) is 0. The minimum Gasteiger partial charge on any atom is -0.467 e. The van der Waals surface area contributed by atoms with Crippen molar-refractivity contribution in [2.24, 2.45) is 0 Å². The number of rotatable bonds is 5. The maximum Gasteiger partial charge on any atom is 0.274 e. The van der Waals surface area contributed by atoms with E-state index in [9.17, 15) is 4.79 Å².